The zero-order valence-corrected chi connectivity index (χ0v) is 16.5. The monoisotopic (exact) mass is 372 g/mol. The average molecular weight is 373 g/mol. The zero-order valence-electron chi connectivity index (χ0n) is 15.7. The Morgan fingerprint density at radius 3 is 2.58 bits per heavy atom. The predicted molar refractivity (Wildman–Crippen MR) is 108 cm³/mol. The van der Waals surface area contributed by atoms with Crippen molar-refractivity contribution in [2.45, 2.75) is 19.8 Å². The molecule has 0 saturated carbocycles. The molecule has 1 aromatic heterocycles. The van der Waals surface area contributed by atoms with Crippen LogP contribution in [-0.2, 0) is 11.2 Å². The number of carbonyl (C=O) groups is 1. The van der Waals surface area contributed by atoms with Gasteiger partial charge in [-0.3, -0.25) is 4.79 Å². The summed E-state index contributed by atoms with van der Waals surface area (Å²) < 4.78 is 0. The molecule has 0 bridgehead atoms. The molecule has 1 saturated heterocycles. The SMILES string of the molecule is Cc1nc(-c2ccc(CC(=O)NCCCN3CCN(C)CC3)cc2)cs1. The van der Waals surface area contributed by atoms with E-state index in [9.17, 15) is 4.79 Å². The number of amides is 1. The first-order chi connectivity index (χ1) is 12.6. The summed E-state index contributed by atoms with van der Waals surface area (Å²) in [6.07, 6.45) is 1.45. The number of aryl methyl sites for hydroxylation is 1. The van der Waals surface area contributed by atoms with Gasteiger partial charge in [0.25, 0.3) is 0 Å². The van der Waals surface area contributed by atoms with E-state index in [1.165, 1.54) is 0 Å². The molecule has 1 aliphatic heterocycles. The Hall–Kier alpha value is -1.76. The smallest absolute Gasteiger partial charge is 0.224 e. The topological polar surface area (TPSA) is 48.5 Å². The Bertz CT molecular complexity index is 705. The van der Waals surface area contributed by atoms with Gasteiger partial charge in [0.2, 0.25) is 5.91 Å². The number of nitrogens with one attached hydrogen (secondary N) is 1. The van der Waals surface area contributed by atoms with Gasteiger partial charge in [-0.05, 0) is 32.5 Å². The second kappa shape index (κ2) is 9.26. The van der Waals surface area contributed by atoms with Crippen molar-refractivity contribution in [1.82, 2.24) is 20.1 Å². The lowest BCUT2D eigenvalue weighted by Crippen LogP contribution is -2.45. The number of rotatable bonds is 7. The van der Waals surface area contributed by atoms with Crippen molar-refractivity contribution in [3.63, 3.8) is 0 Å². The fraction of sp³-hybridized carbons (Fsp3) is 0.500. The summed E-state index contributed by atoms with van der Waals surface area (Å²) >= 11 is 1.65. The second-order valence-electron chi connectivity index (χ2n) is 6.97. The number of hydrogen-bond donors (Lipinski definition) is 1. The lowest BCUT2D eigenvalue weighted by Gasteiger charge is -2.32. The van der Waals surface area contributed by atoms with E-state index in [1.807, 2.05) is 31.2 Å². The summed E-state index contributed by atoms with van der Waals surface area (Å²) in [7, 11) is 2.17. The summed E-state index contributed by atoms with van der Waals surface area (Å²) in [6.45, 7) is 8.38. The molecule has 1 aromatic carbocycles. The number of piperazine rings is 1. The van der Waals surface area contributed by atoms with Gasteiger partial charge < -0.3 is 15.1 Å². The molecule has 26 heavy (non-hydrogen) atoms. The van der Waals surface area contributed by atoms with Crippen LogP contribution >= 0.6 is 11.3 Å². The molecule has 0 radical (unpaired) electrons. The van der Waals surface area contributed by atoms with Gasteiger partial charge in [-0.25, -0.2) is 4.98 Å². The van der Waals surface area contributed by atoms with Crippen LogP contribution < -0.4 is 5.32 Å². The summed E-state index contributed by atoms with van der Waals surface area (Å²) in [6, 6.07) is 8.14. The first kappa shape index (κ1) is 19.0. The van der Waals surface area contributed by atoms with E-state index >= 15 is 0 Å². The first-order valence-corrected chi connectivity index (χ1v) is 10.2. The van der Waals surface area contributed by atoms with Gasteiger partial charge in [0.15, 0.2) is 0 Å². The number of nitrogens with zero attached hydrogens (tertiary/aromatic N) is 3. The molecule has 2 aromatic rings. The molecule has 140 valence electrons. The van der Waals surface area contributed by atoms with Crippen molar-refractivity contribution in [3.05, 3.63) is 40.2 Å². The standard InChI is InChI=1S/C20H28N4OS/c1-16-22-19(15-26-16)18-6-4-17(5-7-18)14-20(25)21-8-3-9-24-12-10-23(2)11-13-24/h4-7,15H,3,8-14H2,1-2H3,(H,21,25). The number of thiazole rings is 1. The molecule has 1 amide bonds. The highest BCUT2D eigenvalue weighted by molar-refractivity contribution is 7.09. The number of benzene rings is 1. The van der Waals surface area contributed by atoms with E-state index in [0.29, 0.717) is 6.42 Å². The lowest BCUT2D eigenvalue weighted by molar-refractivity contribution is -0.120. The van der Waals surface area contributed by atoms with Crippen molar-refractivity contribution >= 4 is 17.2 Å². The maximum absolute atomic E-state index is 12.1. The maximum Gasteiger partial charge on any atom is 0.224 e. The molecular weight excluding hydrogens is 344 g/mol. The van der Waals surface area contributed by atoms with Gasteiger partial charge in [0.05, 0.1) is 17.1 Å². The number of likely N-dealkylation sites (N-methyl/N-ethyl adjacent to an activating group) is 1. The molecule has 0 unspecified atom stereocenters. The van der Waals surface area contributed by atoms with Crippen LogP contribution in [0.2, 0.25) is 0 Å². The van der Waals surface area contributed by atoms with E-state index in [-0.39, 0.29) is 5.91 Å². The molecule has 0 spiro atoms. The van der Waals surface area contributed by atoms with E-state index in [1.54, 1.807) is 11.3 Å². The Morgan fingerprint density at radius 2 is 1.92 bits per heavy atom. The summed E-state index contributed by atoms with van der Waals surface area (Å²) in [5, 5.41) is 6.18. The van der Waals surface area contributed by atoms with Crippen LogP contribution in [-0.4, -0.2) is 67.0 Å². The zero-order chi connectivity index (χ0) is 18.4. The van der Waals surface area contributed by atoms with Gasteiger partial charge in [0.1, 0.15) is 0 Å². The Morgan fingerprint density at radius 1 is 1.19 bits per heavy atom. The Kier molecular flexibility index (Phi) is 6.77. The molecule has 3 rings (SSSR count). The minimum absolute atomic E-state index is 0.0978. The van der Waals surface area contributed by atoms with Crippen molar-refractivity contribution in [2.24, 2.45) is 0 Å². The Labute approximate surface area is 160 Å². The largest absolute Gasteiger partial charge is 0.356 e. The highest BCUT2D eigenvalue weighted by atomic mass is 32.1. The fourth-order valence-electron chi connectivity index (χ4n) is 3.14. The van der Waals surface area contributed by atoms with Gasteiger partial charge in [-0.15, -0.1) is 11.3 Å². The molecule has 0 atom stereocenters. The second-order valence-corrected chi connectivity index (χ2v) is 8.04. The van der Waals surface area contributed by atoms with Crippen molar-refractivity contribution in [2.75, 3.05) is 46.3 Å². The van der Waals surface area contributed by atoms with Crippen LogP contribution in [0.5, 0.6) is 0 Å². The molecule has 5 nitrogen and oxygen atoms in total. The maximum atomic E-state index is 12.1. The Balaban J connectivity index is 1.36. The van der Waals surface area contributed by atoms with E-state index < -0.39 is 0 Å². The first-order valence-electron chi connectivity index (χ1n) is 9.29. The van der Waals surface area contributed by atoms with Crippen LogP contribution in [0.25, 0.3) is 11.3 Å². The fourth-order valence-corrected chi connectivity index (χ4v) is 3.76. The number of aromatic nitrogens is 1. The van der Waals surface area contributed by atoms with Crippen LogP contribution in [0.4, 0.5) is 0 Å². The summed E-state index contributed by atoms with van der Waals surface area (Å²) in [4.78, 5) is 21.5. The third-order valence-corrected chi connectivity index (χ3v) is 5.58. The van der Waals surface area contributed by atoms with Crippen LogP contribution in [0, 0.1) is 6.92 Å². The van der Waals surface area contributed by atoms with E-state index in [4.69, 9.17) is 0 Å². The lowest BCUT2D eigenvalue weighted by atomic mass is 10.1. The van der Waals surface area contributed by atoms with E-state index in [0.717, 1.165) is 67.5 Å². The molecule has 2 heterocycles. The predicted octanol–water partition coefficient (Wildman–Crippen LogP) is 2.41. The molecule has 1 fully saturated rings. The minimum Gasteiger partial charge on any atom is -0.356 e. The van der Waals surface area contributed by atoms with Gasteiger partial charge in [-0.1, -0.05) is 24.3 Å². The quantitative estimate of drug-likeness (QED) is 0.759. The highest BCUT2D eigenvalue weighted by Crippen LogP contribution is 2.21. The van der Waals surface area contributed by atoms with Crippen molar-refractivity contribution in [1.29, 1.82) is 0 Å². The van der Waals surface area contributed by atoms with Gasteiger partial charge >= 0.3 is 0 Å². The van der Waals surface area contributed by atoms with Gasteiger partial charge in [-0.2, -0.15) is 0 Å². The van der Waals surface area contributed by atoms with Crippen molar-refractivity contribution in [3.8, 4) is 11.3 Å². The van der Waals surface area contributed by atoms with Crippen LogP contribution in [0.15, 0.2) is 29.6 Å². The average Bonchev–Trinajstić information content (AvgIpc) is 3.07. The molecular formula is C20H28N4OS. The number of carbonyl (C=O) groups excluding carboxylic acids is 1. The third-order valence-electron chi connectivity index (χ3n) is 4.80. The molecule has 6 heteroatoms. The van der Waals surface area contributed by atoms with Crippen molar-refractivity contribution < 1.29 is 4.79 Å². The molecule has 1 aliphatic rings. The summed E-state index contributed by atoms with van der Waals surface area (Å²) in [5.74, 6) is 0.0978. The normalized spacial score (nSPS) is 15.9. The van der Waals surface area contributed by atoms with Crippen LogP contribution in [0.3, 0.4) is 0 Å². The minimum atomic E-state index is 0.0978. The number of hydrogen-bond acceptors (Lipinski definition) is 5. The highest BCUT2D eigenvalue weighted by Gasteiger charge is 2.13. The molecule has 1 N–H and O–H groups in total. The van der Waals surface area contributed by atoms with Crippen LogP contribution in [0.1, 0.15) is 17.0 Å². The third kappa shape index (κ3) is 5.62. The summed E-state index contributed by atoms with van der Waals surface area (Å²) in [5.41, 5.74) is 3.15. The molecule has 0 aliphatic carbocycles. The van der Waals surface area contributed by atoms with E-state index in [2.05, 4.69) is 32.5 Å². The van der Waals surface area contributed by atoms with Gasteiger partial charge in [0, 0.05) is 43.7 Å².